The Kier molecular flexibility index (Phi) is 4.11. The number of anilines is 1. The quantitative estimate of drug-likeness (QED) is 0.786. The van der Waals surface area contributed by atoms with E-state index < -0.39 is 9.84 Å². The lowest BCUT2D eigenvalue weighted by atomic mass is 10.3. The summed E-state index contributed by atoms with van der Waals surface area (Å²) in [6.45, 7) is 2.33. The Morgan fingerprint density at radius 2 is 2.13 bits per heavy atom. The zero-order chi connectivity index (χ0) is 11.3. The van der Waals surface area contributed by atoms with E-state index in [2.05, 4.69) is 5.32 Å². The first-order valence-electron chi connectivity index (χ1n) is 4.77. The summed E-state index contributed by atoms with van der Waals surface area (Å²) < 4.78 is 23.2. The van der Waals surface area contributed by atoms with Crippen LogP contribution in [0.4, 0.5) is 5.69 Å². The second kappa shape index (κ2) is 5.14. The van der Waals surface area contributed by atoms with Crippen LogP contribution in [0, 0.1) is 0 Å². The lowest BCUT2D eigenvalue weighted by molar-refractivity contribution is 0.319. The summed E-state index contributed by atoms with van der Waals surface area (Å²) >= 11 is 0. The van der Waals surface area contributed by atoms with E-state index in [0.717, 1.165) is 12.2 Å². The van der Waals surface area contributed by atoms with E-state index in [0.29, 0.717) is 0 Å². The minimum atomic E-state index is -3.34. The molecule has 1 rings (SSSR count). The average Bonchev–Trinajstić information content (AvgIpc) is 2.19. The highest BCUT2D eigenvalue weighted by molar-refractivity contribution is 7.91. The molecule has 1 aromatic rings. The van der Waals surface area contributed by atoms with Crippen molar-refractivity contribution in [3.8, 4) is 0 Å². The van der Waals surface area contributed by atoms with Crippen molar-refractivity contribution in [2.45, 2.75) is 11.8 Å². The van der Waals surface area contributed by atoms with Crippen molar-refractivity contribution in [2.24, 2.45) is 0 Å². The smallest absolute Gasteiger partial charge is 0.180 e. The molecule has 0 saturated carbocycles. The van der Waals surface area contributed by atoms with E-state index in [1.165, 1.54) is 6.07 Å². The van der Waals surface area contributed by atoms with Crippen LogP contribution in [0.15, 0.2) is 29.2 Å². The molecule has 0 heterocycles. The number of rotatable bonds is 5. The molecule has 0 saturated heterocycles. The highest BCUT2D eigenvalue weighted by Gasteiger charge is 2.13. The summed E-state index contributed by atoms with van der Waals surface area (Å²) in [5.74, 6) is -0.234. The monoisotopic (exact) mass is 229 g/mol. The summed E-state index contributed by atoms with van der Waals surface area (Å²) in [7, 11) is -3.34. The van der Waals surface area contributed by atoms with Gasteiger partial charge in [0.2, 0.25) is 0 Å². The van der Waals surface area contributed by atoms with E-state index in [1.807, 2.05) is 13.0 Å². The van der Waals surface area contributed by atoms with Crippen LogP contribution >= 0.6 is 0 Å². The molecule has 0 aliphatic carbocycles. The summed E-state index contributed by atoms with van der Waals surface area (Å²) in [6, 6.07) is 6.60. The molecule has 5 heteroatoms. The fourth-order valence-electron chi connectivity index (χ4n) is 1.24. The van der Waals surface area contributed by atoms with Gasteiger partial charge in [0, 0.05) is 12.2 Å². The molecular weight excluding hydrogens is 214 g/mol. The van der Waals surface area contributed by atoms with E-state index in [1.54, 1.807) is 12.1 Å². The standard InChI is InChI=1S/C10H15NO3S/c1-2-11-9-4-3-5-10(8-9)15(13,14)7-6-12/h3-5,8,11-12H,2,6-7H2,1H3. The number of hydrogen-bond donors (Lipinski definition) is 2. The highest BCUT2D eigenvalue weighted by atomic mass is 32.2. The highest BCUT2D eigenvalue weighted by Crippen LogP contribution is 2.16. The molecule has 4 nitrogen and oxygen atoms in total. The van der Waals surface area contributed by atoms with Crippen LogP contribution in [0.3, 0.4) is 0 Å². The number of sulfone groups is 1. The zero-order valence-corrected chi connectivity index (χ0v) is 9.42. The van der Waals surface area contributed by atoms with Crippen LogP contribution in [0.2, 0.25) is 0 Å². The van der Waals surface area contributed by atoms with Gasteiger partial charge in [-0.1, -0.05) is 6.07 Å². The van der Waals surface area contributed by atoms with Crippen molar-refractivity contribution < 1.29 is 13.5 Å². The van der Waals surface area contributed by atoms with E-state index in [9.17, 15) is 8.42 Å². The maximum absolute atomic E-state index is 11.6. The average molecular weight is 229 g/mol. The molecule has 0 aliphatic rings. The van der Waals surface area contributed by atoms with Gasteiger partial charge in [-0.3, -0.25) is 0 Å². The Morgan fingerprint density at radius 3 is 2.73 bits per heavy atom. The van der Waals surface area contributed by atoms with Gasteiger partial charge in [-0.15, -0.1) is 0 Å². The van der Waals surface area contributed by atoms with Crippen molar-refractivity contribution >= 4 is 15.5 Å². The van der Waals surface area contributed by atoms with Gasteiger partial charge >= 0.3 is 0 Å². The maximum Gasteiger partial charge on any atom is 0.180 e. The first kappa shape index (κ1) is 12.0. The second-order valence-electron chi connectivity index (χ2n) is 3.10. The number of aliphatic hydroxyl groups is 1. The maximum atomic E-state index is 11.6. The first-order valence-corrected chi connectivity index (χ1v) is 6.43. The molecule has 0 aromatic heterocycles. The van der Waals surface area contributed by atoms with Gasteiger partial charge in [0.05, 0.1) is 17.3 Å². The van der Waals surface area contributed by atoms with Crippen LogP contribution in [0.5, 0.6) is 0 Å². The van der Waals surface area contributed by atoms with Crippen molar-refractivity contribution in [1.82, 2.24) is 0 Å². The van der Waals surface area contributed by atoms with Crippen LogP contribution in [-0.4, -0.2) is 32.4 Å². The lowest BCUT2D eigenvalue weighted by Crippen LogP contribution is -2.10. The largest absolute Gasteiger partial charge is 0.395 e. The normalized spacial score (nSPS) is 11.3. The van der Waals surface area contributed by atoms with Crippen molar-refractivity contribution in [2.75, 3.05) is 24.2 Å². The third-order valence-corrected chi connectivity index (χ3v) is 3.63. The van der Waals surface area contributed by atoms with Gasteiger partial charge in [0.15, 0.2) is 9.84 Å². The van der Waals surface area contributed by atoms with E-state index >= 15 is 0 Å². The predicted molar refractivity (Wildman–Crippen MR) is 59.7 cm³/mol. The fraction of sp³-hybridized carbons (Fsp3) is 0.400. The number of nitrogens with one attached hydrogen (secondary N) is 1. The summed E-state index contributed by atoms with van der Waals surface area (Å²) in [5.41, 5.74) is 0.775. The predicted octanol–water partition coefficient (Wildman–Crippen LogP) is 0.884. The molecule has 0 unspecified atom stereocenters. The molecule has 0 atom stereocenters. The van der Waals surface area contributed by atoms with Crippen LogP contribution in [-0.2, 0) is 9.84 Å². The van der Waals surface area contributed by atoms with E-state index in [4.69, 9.17) is 5.11 Å². The topological polar surface area (TPSA) is 66.4 Å². The summed E-state index contributed by atoms with van der Waals surface area (Å²) in [5, 5.41) is 11.7. The molecule has 0 bridgehead atoms. The van der Waals surface area contributed by atoms with Crippen molar-refractivity contribution in [3.63, 3.8) is 0 Å². The Morgan fingerprint density at radius 1 is 1.40 bits per heavy atom. The Bertz CT molecular complexity index is 414. The first-order chi connectivity index (χ1) is 7.10. The molecule has 0 amide bonds. The lowest BCUT2D eigenvalue weighted by Gasteiger charge is -2.06. The molecule has 1 aromatic carbocycles. The second-order valence-corrected chi connectivity index (χ2v) is 5.21. The van der Waals surface area contributed by atoms with Gasteiger partial charge in [-0.05, 0) is 25.1 Å². The van der Waals surface area contributed by atoms with E-state index in [-0.39, 0.29) is 17.3 Å². The van der Waals surface area contributed by atoms with Gasteiger partial charge in [-0.25, -0.2) is 8.42 Å². The molecule has 15 heavy (non-hydrogen) atoms. The third-order valence-electron chi connectivity index (χ3n) is 1.93. The number of hydrogen-bond acceptors (Lipinski definition) is 4. The van der Waals surface area contributed by atoms with Crippen LogP contribution in [0.1, 0.15) is 6.92 Å². The Balaban J connectivity index is 2.99. The number of benzene rings is 1. The Labute approximate surface area is 89.9 Å². The summed E-state index contributed by atoms with van der Waals surface area (Å²) in [6.07, 6.45) is 0. The Hall–Kier alpha value is -1.07. The van der Waals surface area contributed by atoms with Gasteiger partial charge < -0.3 is 10.4 Å². The van der Waals surface area contributed by atoms with Gasteiger partial charge in [0.1, 0.15) is 0 Å². The molecule has 0 radical (unpaired) electrons. The fourth-order valence-corrected chi connectivity index (χ4v) is 2.31. The van der Waals surface area contributed by atoms with Gasteiger partial charge in [-0.2, -0.15) is 0 Å². The van der Waals surface area contributed by atoms with Crippen LogP contribution in [0.25, 0.3) is 0 Å². The molecular formula is C10H15NO3S. The van der Waals surface area contributed by atoms with Gasteiger partial charge in [0.25, 0.3) is 0 Å². The number of aliphatic hydroxyl groups excluding tert-OH is 1. The molecule has 0 spiro atoms. The van der Waals surface area contributed by atoms with Crippen molar-refractivity contribution in [3.05, 3.63) is 24.3 Å². The van der Waals surface area contributed by atoms with Crippen molar-refractivity contribution in [1.29, 1.82) is 0 Å². The molecule has 2 N–H and O–H groups in total. The third kappa shape index (κ3) is 3.21. The summed E-state index contributed by atoms with van der Waals surface area (Å²) in [4.78, 5) is 0.245. The SMILES string of the molecule is CCNc1cccc(S(=O)(=O)CCO)c1. The molecule has 84 valence electrons. The zero-order valence-electron chi connectivity index (χ0n) is 8.60. The molecule has 0 aliphatic heterocycles. The van der Waals surface area contributed by atoms with Crippen LogP contribution < -0.4 is 5.32 Å². The molecule has 0 fully saturated rings. The minimum absolute atomic E-state index is 0.234. The minimum Gasteiger partial charge on any atom is -0.395 e.